The summed E-state index contributed by atoms with van der Waals surface area (Å²) in [6.07, 6.45) is 7.75. The van der Waals surface area contributed by atoms with E-state index in [2.05, 4.69) is 16.7 Å². The Morgan fingerprint density at radius 3 is 2.97 bits per heavy atom. The standard InChI is InChI=1S/C22H24N2O5/c1-27-21(28-2)18-7-8-19-22-12-16(24(18)19)10-15(17(22)11-20(25)29-22)6-5-14-4-3-9-23(26)13-14/h3-4,9,11,13,15-16,18-19,21H,7-8,10,12H2,1-2H3. The maximum Gasteiger partial charge on any atom is 0.331 e. The summed E-state index contributed by atoms with van der Waals surface area (Å²) < 4.78 is 17.9. The van der Waals surface area contributed by atoms with E-state index in [0.29, 0.717) is 5.56 Å². The molecule has 1 aromatic rings. The van der Waals surface area contributed by atoms with E-state index in [4.69, 9.17) is 14.2 Å². The van der Waals surface area contributed by atoms with Crippen molar-refractivity contribution in [3.63, 3.8) is 0 Å². The number of carbonyl (C=O) groups excluding carboxylic acids is 1. The Kier molecular flexibility index (Phi) is 4.39. The van der Waals surface area contributed by atoms with Crippen molar-refractivity contribution in [3.8, 4) is 11.8 Å². The van der Waals surface area contributed by atoms with Gasteiger partial charge in [-0.15, -0.1) is 0 Å². The lowest BCUT2D eigenvalue weighted by atomic mass is 9.72. The molecule has 1 aliphatic carbocycles. The summed E-state index contributed by atoms with van der Waals surface area (Å²) in [5.41, 5.74) is 1.07. The molecule has 0 N–H and O–H groups in total. The fraction of sp³-hybridized carbons (Fsp3) is 0.545. The van der Waals surface area contributed by atoms with Crippen molar-refractivity contribution >= 4 is 5.97 Å². The van der Waals surface area contributed by atoms with E-state index in [1.54, 1.807) is 26.4 Å². The normalized spacial score (nSPS) is 35.0. The van der Waals surface area contributed by atoms with Crippen molar-refractivity contribution < 1.29 is 23.7 Å². The maximum atomic E-state index is 12.3. The van der Waals surface area contributed by atoms with Gasteiger partial charge in [0.2, 0.25) is 0 Å². The molecule has 5 atom stereocenters. The van der Waals surface area contributed by atoms with Crippen LogP contribution in [-0.2, 0) is 19.0 Å². The Morgan fingerprint density at radius 2 is 2.21 bits per heavy atom. The van der Waals surface area contributed by atoms with Crippen molar-refractivity contribution in [1.82, 2.24) is 4.90 Å². The topological polar surface area (TPSA) is 74.9 Å². The third-order valence-corrected chi connectivity index (χ3v) is 6.85. The molecule has 1 spiro atoms. The second kappa shape index (κ2) is 6.84. The molecule has 4 aliphatic rings. The minimum absolute atomic E-state index is 0.0738. The van der Waals surface area contributed by atoms with Crippen LogP contribution in [0.5, 0.6) is 0 Å². The number of fused-ring (bicyclic) bond motifs is 3. The zero-order valence-corrected chi connectivity index (χ0v) is 16.5. The zero-order valence-electron chi connectivity index (χ0n) is 16.5. The van der Waals surface area contributed by atoms with Gasteiger partial charge in [0.05, 0.1) is 17.6 Å². The summed E-state index contributed by atoms with van der Waals surface area (Å²) in [5.74, 6) is 6.10. The number of rotatable bonds is 3. The van der Waals surface area contributed by atoms with Gasteiger partial charge in [0.1, 0.15) is 0 Å². The molecule has 3 fully saturated rings. The molecule has 3 aliphatic heterocycles. The van der Waals surface area contributed by atoms with Gasteiger partial charge in [-0.25, -0.2) is 4.79 Å². The van der Waals surface area contributed by atoms with Gasteiger partial charge in [-0.2, -0.15) is 4.73 Å². The lowest BCUT2D eigenvalue weighted by Gasteiger charge is -2.36. The highest BCUT2D eigenvalue weighted by atomic mass is 16.7. The van der Waals surface area contributed by atoms with E-state index in [0.717, 1.165) is 36.0 Å². The Labute approximate surface area is 169 Å². The first-order chi connectivity index (χ1) is 14.1. The average molecular weight is 396 g/mol. The molecule has 7 nitrogen and oxygen atoms in total. The van der Waals surface area contributed by atoms with Crippen LogP contribution in [0, 0.1) is 23.0 Å². The van der Waals surface area contributed by atoms with E-state index in [1.807, 2.05) is 6.07 Å². The largest absolute Gasteiger partial charge is 0.619 e. The summed E-state index contributed by atoms with van der Waals surface area (Å²) in [5, 5.41) is 11.5. The highest BCUT2D eigenvalue weighted by Gasteiger charge is 2.66. The van der Waals surface area contributed by atoms with Gasteiger partial charge in [0.25, 0.3) is 0 Å². The first-order valence-corrected chi connectivity index (χ1v) is 10.0. The molecule has 152 valence electrons. The number of pyridine rings is 1. The van der Waals surface area contributed by atoms with E-state index < -0.39 is 5.60 Å². The van der Waals surface area contributed by atoms with Crippen LogP contribution >= 0.6 is 0 Å². The zero-order chi connectivity index (χ0) is 20.2. The van der Waals surface area contributed by atoms with Crippen LogP contribution in [0.1, 0.15) is 31.2 Å². The monoisotopic (exact) mass is 396 g/mol. The summed E-state index contributed by atoms with van der Waals surface area (Å²) in [6.45, 7) is 0. The van der Waals surface area contributed by atoms with Crippen molar-refractivity contribution in [3.05, 3.63) is 46.9 Å². The molecule has 1 saturated carbocycles. The van der Waals surface area contributed by atoms with Crippen LogP contribution in [0.3, 0.4) is 0 Å². The summed E-state index contributed by atoms with van der Waals surface area (Å²) in [6, 6.07) is 4.02. The molecule has 5 unspecified atom stereocenters. The van der Waals surface area contributed by atoms with Gasteiger partial charge in [-0.1, -0.05) is 11.8 Å². The van der Waals surface area contributed by atoms with E-state index in [-0.39, 0.29) is 36.3 Å². The van der Waals surface area contributed by atoms with Gasteiger partial charge in [0.15, 0.2) is 24.3 Å². The molecule has 1 aromatic heterocycles. The lowest BCUT2D eigenvalue weighted by Crippen LogP contribution is -2.48. The predicted molar refractivity (Wildman–Crippen MR) is 102 cm³/mol. The molecule has 0 aromatic carbocycles. The van der Waals surface area contributed by atoms with Crippen LogP contribution in [0.4, 0.5) is 0 Å². The number of hydrogen-bond acceptors (Lipinski definition) is 6. The van der Waals surface area contributed by atoms with Crippen LogP contribution in [0.15, 0.2) is 36.2 Å². The van der Waals surface area contributed by atoms with Crippen LogP contribution in [0.2, 0.25) is 0 Å². The van der Waals surface area contributed by atoms with E-state index in [9.17, 15) is 10.0 Å². The lowest BCUT2D eigenvalue weighted by molar-refractivity contribution is -0.605. The van der Waals surface area contributed by atoms with E-state index in [1.165, 1.54) is 12.4 Å². The minimum atomic E-state index is -0.588. The van der Waals surface area contributed by atoms with Gasteiger partial charge in [-0.05, 0) is 30.9 Å². The number of carbonyl (C=O) groups is 1. The molecular formula is C22H24N2O5. The van der Waals surface area contributed by atoms with Crippen LogP contribution < -0.4 is 4.73 Å². The molecule has 2 saturated heterocycles. The van der Waals surface area contributed by atoms with Crippen molar-refractivity contribution in [2.45, 2.75) is 55.7 Å². The van der Waals surface area contributed by atoms with Crippen molar-refractivity contribution in [2.75, 3.05) is 14.2 Å². The second-order valence-electron chi connectivity index (χ2n) is 8.23. The number of methoxy groups -OCH3 is 2. The van der Waals surface area contributed by atoms with Gasteiger partial charge in [-0.3, -0.25) is 4.90 Å². The fourth-order valence-electron chi connectivity index (χ4n) is 5.91. The quantitative estimate of drug-likeness (QED) is 0.251. The van der Waals surface area contributed by atoms with Gasteiger partial charge >= 0.3 is 5.97 Å². The smallest absolute Gasteiger partial charge is 0.331 e. The number of aromatic nitrogens is 1. The van der Waals surface area contributed by atoms with Crippen LogP contribution in [-0.4, -0.2) is 55.1 Å². The first kappa shape index (κ1) is 18.6. The average Bonchev–Trinajstić information content (AvgIpc) is 3.35. The molecule has 0 amide bonds. The molecule has 0 radical (unpaired) electrons. The first-order valence-electron chi connectivity index (χ1n) is 10.0. The highest BCUT2D eigenvalue weighted by molar-refractivity contribution is 5.87. The third-order valence-electron chi connectivity index (χ3n) is 6.85. The number of ether oxygens (including phenoxy) is 3. The van der Waals surface area contributed by atoms with Crippen LogP contribution in [0.25, 0.3) is 0 Å². The Hall–Kier alpha value is -2.40. The number of esters is 1. The Morgan fingerprint density at radius 1 is 1.38 bits per heavy atom. The summed E-state index contributed by atoms with van der Waals surface area (Å²) in [4.78, 5) is 14.8. The molecule has 29 heavy (non-hydrogen) atoms. The van der Waals surface area contributed by atoms with Gasteiger partial charge in [0, 0.05) is 44.7 Å². The predicted octanol–water partition coefficient (Wildman–Crippen LogP) is 1.14. The van der Waals surface area contributed by atoms with E-state index >= 15 is 0 Å². The molecule has 4 heterocycles. The Bertz CT molecular complexity index is 931. The highest BCUT2D eigenvalue weighted by Crippen LogP contribution is 2.58. The minimum Gasteiger partial charge on any atom is -0.619 e. The maximum absolute atomic E-state index is 12.3. The second-order valence-corrected chi connectivity index (χ2v) is 8.23. The SMILES string of the molecule is COC(OC)C1CCC2N1C1CC(C#Cc3ccc[n+]([O-])c3)C3=CC(=O)OC32C1. The molecular weight excluding hydrogens is 372 g/mol. The number of nitrogens with zero attached hydrogens (tertiary/aromatic N) is 2. The summed E-state index contributed by atoms with van der Waals surface area (Å²) >= 11 is 0. The Balaban J connectivity index is 1.50. The summed E-state index contributed by atoms with van der Waals surface area (Å²) in [7, 11) is 3.33. The molecule has 5 rings (SSSR count). The van der Waals surface area contributed by atoms with Gasteiger partial charge < -0.3 is 19.4 Å². The molecule has 7 heteroatoms. The fourth-order valence-corrected chi connectivity index (χ4v) is 5.91. The number of hydrogen-bond donors (Lipinski definition) is 0. The van der Waals surface area contributed by atoms with Crippen molar-refractivity contribution in [2.24, 2.45) is 5.92 Å². The third kappa shape index (κ3) is 2.78. The van der Waals surface area contributed by atoms with Crippen molar-refractivity contribution in [1.29, 1.82) is 0 Å². The molecule has 2 bridgehead atoms.